The minimum Gasteiger partial charge on any atom is -0.507 e. The smallest absolute Gasteiger partial charge is 0.257 e. The summed E-state index contributed by atoms with van der Waals surface area (Å²) in [7, 11) is 0. The molecule has 1 atom stereocenters. The Kier molecular flexibility index (Phi) is 5.33. The van der Waals surface area contributed by atoms with Gasteiger partial charge in [0.1, 0.15) is 5.75 Å². The number of phenolic OH excluding ortho intramolecular Hbond substituents is 1. The predicted octanol–water partition coefficient (Wildman–Crippen LogP) is 2.90. The van der Waals surface area contributed by atoms with E-state index in [9.17, 15) is 14.7 Å². The zero-order chi connectivity index (χ0) is 17.8. The lowest BCUT2D eigenvalue weighted by molar-refractivity contribution is -0.121. The number of nitrogens with zero attached hydrogens (tertiary/aromatic N) is 2. The number of hydrogen-bond donors (Lipinski definition) is 2. The fourth-order valence-electron chi connectivity index (χ4n) is 3.01. The molecule has 2 amide bonds. The van der Waals surface area contributed by atoms with Crippen molar-refractivity contribution in [1.29, 1.82) is 0 Å². The number of amides is 2. The molecule has 3 rings (SSSR count). The second-order valence-corrected chi connectivity index (χ2v) is 7.02. The molecule has 1 aliphatic rings. The van der Waals surface area contributed by atoms with Gasteiger partial charge in [0.25, 0.3) is 5.91 Å². The van der Waals surface area contributed by atoms with Crippen molar-refractivity contribution in [2.24, 2.45) is 5.92 Å². The monoisotopic (exact) mass is 359 g/mol. The van der Waals surface area contributed by atoms with Gasteiger partial charge in [0.05, 0.1) is 11.5 Å². The number of phenols is 1. The van der Waals surface area contributed by atoms with E-state index in [4.69, 9.17) is 0 Å². The maximum absolute atomic E-state index is 12.8. The normalized spacial score (nSPS) is 17.3. The van der Waals surface area contributed by atoms with Crippen LogP contribution in [0.5, 0.6) is 5.75 Å². The van der Waals surface area contributed by atoms with Crippen LogP contribution in [0.3, 0.4) is 0 Å². The topological polar surface area (TPSA) is 82.5 Å². The molecule has 2 heterocycles. The number of piperidine rings is 1. The van der Waals surface area contributed by atoms with E-state index in [0.29, 0.717) is 23.8 Å². The molecule has 0 spiro atoms. The third kappa shape index (κ3) is 3.99. The van der Waals surface area contributed by atoms with E-state index >= 15 is 0 Å². The molecule has 1 aromatic carbocycles. The molecule has 7 heteroatoms. The number of thiazole rings is 1. The molecule has 1 aromatic heterocycles. The summed E-state index contributed by atoms with van der Waals surface area (Å²) in [6, 6.07) is 5.10. The van der Waals surface area contributed by atoms with E-state index in [-0.39, 0.29) is 23.5 Å². The van der Waals surface area contributed by atoms with Crippen molar-refractivity contribution in [3.63, 3.8) is 0 Å². The van der Waals surface area contributed by atoms with Crippen LogP contribution in [-0.4, -0.2) is 39.9 Å². The van der Waals surface area contributed by atoms with E-state index in [1.54, 1.807) is 28.6 Å². The van der Waals surface area contributed by atoms with Gasteiger partial charge in [-0.1, -0.05) is 13.0 Å². The average Bonchev–Trinajstić information content (AvgIpc) is 3.14. The first-order valence-corrected chi connectivity index (χ1v) is 9.28. The Balaban J connectivity index is 1.70. The highest BCUT2D eigenvalue weighted by Crippen LogP contribution is 2.25. The Morgan fingerprint density at radius 1 is 1.44 bits per heavy atom. The van der Waals surface area contributed by atoms with Crippen LogP contribution in [0.1, 0.15) is 35.7 Å². The van der Waals surface area contributed by atoms with E-state index in [0.717, 1.165) is 24.8 Å². The number of nitrogens with one attached hydrogen (secondary N) is 1. The number of carbonyl (C=O) groups excluding carboxylic acids is 2. The van der Waals surface area contributed by atoms with E-state index in [2.05, 4.69) is 10.3 Å². The summed E-state index contributed by atoms with van der Waals surface area (Å²) < 4.78 is 0. The van der Waals surface area contributed by atoms with Crippen molar-refractivity contribution >= 4 is 28.3 Å². The Hall–Kier alpha value is -2.41. The molecule has 0 saturated carbocycles. The first-order valence-electron chi connectivity index (χ1n) is 8.40. The van der Waals surface area contributed by atoms with Crippen LogP contribution >= 0.6 is 11.3 Å². The first kappa shape index (κ1) is 17.4. The van der Waals surface area contributed by atoms with Crippen molar-refractivity contribution in [1.82, 2.24) is 9.88 Å². The molecule has 0 aliphatic carbocycles. The number of aryl methyl sites for hydroxylation is 1. The Labute approximate surface area is 150 Å². The van der Waals surface area contributed by atoms with Gasteiger partial charge in [-0.25, -0.2) is 4.98 Å². The van der Waals surface area contributed by atoms with Crippen molar-refractivity contribution in [2.75, 3.05) is 18.4 Å². The lowest BCUT2D eigenvalue weighted by atomic mass is 9.96. The Bertz CT molecular complexity index is 761. The SMILES string of the molecule is CCc1ccc(O)c(C(=O)N2CCC[C@H](C(=O)Nc3nccs3)C2)c1. The van der Waals surface area contributed by atoms with Gasteiger partial charge in [0.2, 0.25) is 5.91 Å². The molecule has 2 aromatic rings. The highest BCUT2D eigenvalue weighted by molar-refractivity contribution is 7.13. The second kappa shape index (κ2) is 7.65. The number of aromatic hydroxyl groups is 1. The van der Waals surface area contributed by atoms with Crippen LogP contribution in [0.2, 0.25) is 0 Å². The summed E-state index contributed by atoms with van der Waals surface area (Å²) in [6.07, 6.45) is 3.93. The van der Waals surface area contributed by atoms with Crippen molar-refractivity contribution in [2.45, 2.75) is 26.2 Å². The second-order valence-electron chi connectivity index (χ2n) is 6.12. The van der Waals surface area contributed by atoms with E-state index in [1.165, 1.54) is 11.3 Å². The number of anilines is 1. The number of hydrogen-bond acceptors (Lipinski definition) is 5. The van der Waals surface area contributed by atoms with Gasteiger partial charge in [-0.2, -0.15) is 0 Å². The fraction of sp³-hybridized carbons (Fsp3) is 0.389. The zero-order valence-corrected chi connectivity index (χ0v) is 14.9. The van der Waals surface area contributed by atoms with Gasteiger partial charge in [-0.3, -0.25) is 9.59 Å². The van der Waals surface area contributed by atoms with Crippen LogP contribution in [0.25, 0.3) is 0 Å². The lowest BCUT2D eigenvalue weighted by Crippen LogP contribution is -2.43. The van der Waals surface area contributed by atoms with Crippen LogP contribution < -0.4 is 5.32 Å². The van der Waals surface area contributed by atoms with Crippen molar-refractivity contribution in [3.05, 3.63) is 40.9 Å². The zero-order valence-electron chi connectivity index (χ0n) is 14.1. The molecule has 0 unspecified atom stereocenters. The van der Waals surface area contributed by atoms with Gasteiger partial charge in [0, 0.05) is 24.7 Å². The van der Waals surface area contributed by atoms with Gasteiger partial charge in [0.15, 0.2) is 5.13 Å². The van der Waals surface area contributed by atoms with Crippen molar-refractivity contribution in [3.8, 4) is 5.75 Å². The molecule has 2 N–H and O–H groups in total. The number of rotatable bonds is 4. The molecule has 1 saturated heterocycles. The highest BCUT2D eigenvalue weighted by Gasteiger charge is 2.30. The minimum absolute atomic E-state index is 0.0171. The number of benzene rings is 1. The van der Waals surface area contributed by atoms with Crippen LogP contribution in [0, 0.1) is 5.92 Å². The molecule has 6 nitrogen and oxygen atoms in total. The van der Waals surface area contributed by atoms with Crippen LogP contribution in [0.15, 0.2) is 29.8 Å². The number of likely N-dealkylation sites (tertiary alicyclic amines) is 1. The van der Waals surface area contributed by atoms with Crippen LogP contribution in [0.4, 0.5) is 5.13 Å². The van der Waals surface area contributed by atoms with Crippen LogP contribution in [-0.2, 0) is 11.2 Å². The van der Waals surface area contributed by atoms with Crippen molar-refractivity contribution < 1.29 is 14.7 Å². The lowest BCUT2D eigenvalue weighted by Gasteiger charge is -2.32. The third-order valence-corrected chi connectivity index (χ3v) is 5.13. The summed E-state index contributed by atoms with van der Waals surface area (Å²) in [5.74, 6) is -0.617. The molecular formula is C18H21N3O3S. The Morgan fingerprint density at radius 2 is 2.28 bits per heavy atom. The minimum atomic E-state index is -0.266. The van der Waals surface area contributed by atoms with Gasteiger partial charge in [-0.15, -0.1) is 11.3 Å². The number of aromatic nitrogens is 1. The van der Waals surface area contributed by atoms with Gasteiger partial charge < -0.3 is 15.3 Å². The first-order chi connectivity index (χ1) is 12.1. The number of carbonyl (C=O) groups is 2. The summed E-state index contributed by atoms with van der Waals surface area (Å²) in [5.41, 5.74) is 1.30. The average molecular weight is 359 g/mol. The highest BCUT2D eigenvalue weighted by atomic mass is 32.1. The Morgan fingerprint density at radius 3 is 3.00 bits per heavy atom. The van der Waals surface area contributed by atoms with Gasteiger partial charge >= 0.3 is 0 Å². The molecule has 1 fully saturated rings. The molecule has 0 radical (unpaired) electrons. The molecule has 0 bridgehead atoms. The molecular weight excluding hydrogens is 338 g/mol. The summed E-state index contributed by atoms with van der Waals surface area (Å²) in [5, 5.41) is 15.2. The molecule has 132 valence electrons. The standard InChI is InChI=1S/C18H21N3O3S/c1-2-12-5-6-15(22)14(10-12)17(24)21-8-3-4-13(11-21)16(23)20-18-19-7-9-25-18/h5-7,9-10,13,22H,2-4,8,11H2,1H3,(H,19,20,23)/t13-/m0/s1. The van der Waals surface area contributed by atoms with E-state index in [1.807, 2.05) is 13.0 Å². The maximum atomic E-state index is 12.8. The largest absolute Gasteiger partial charge is 0.507 e. The molecule has 1 aliphatic heterocycles. The predicted molar refractivity (Wildman–Crippen MR) is 96.9 cm³/mol. The quantitative estimate of drug-likeness (QED) is 0.879. The summed E-state index contributed by atoms with van der Waals surface area (Å²) in [4.78, 5) is 30.9. The fourth-order valence-corrected chi connectivity index (χ4v) is 3.54. The molecule has 25 heavy (non-hydrogen) atoms. The summed E-state index contributed by atoms with van der Waals surface area (Å²) >= 11 is 1.37. The summed E-state index contributed by atoms with van der Waals surface area (Å²) in [6.45, 7) is 2.95. The van der Waals surface area contributed by atoms with Gasteiger partial charge in [-0.05, 0) is 37.0 Å². The third-order valence-electron chi connectivity index (χ3n) is 4.44. The van der Waals surface area contributed by atoms with E-state index < -0.39 is 0 Å². The maximum Gasteiger partial charge on any atom is 0.257 e.